The van der Waals surface area contributed by atoms with Gasteiger partial charge in [-0.1, -0.05) is 42.5 Å². The Labute approximate surface area is 166 Å². The predicted molar refractivity (Wildman–Crippen MR) is 112 cm³/mol. The summed E-state index contributed by atoms with van der Waals surface area (Å²) in [5.41, 5.74) is 5.09. The topological polar surface area (TPSA) is 58.9 Å². The maximum atomic E-state index is 13.4. The van der Waals surface area contributed by atoms with Crippen LogP contribution in [0, 0.1) is 5.82 Å². The van der Waals surface area contributed by atoms with Gasteiger partial charge in [0.25, 0.3) is 0 Å². The Kier molecular flexibility index (Phi) is 4.22. The Hall–Kier alpha value is -4.06. The number of hydrogen-bond acceptors (Lipinski definition) is 3. The van der Waals surface area contributed by atoms with Crippen LogP contribution in [0.4, 0.5) is 10.3 Å². The fraction of sp³-hybridized carbons (Fsp3) is 0. The van der Waals surface area contributed by atoms with Crippen LogP contribution in [0.3, 0.4) is 0 Å². The molecular weight excluding hydrogens is 365 g/mol. The smallest absolute Gasteiger partial charge is 0.227 e. The molecule has 0 radical (unpaired) electrons. The molecule has 5 nitrogen and oxygen atoms in total. The van der Waals surface area contributed by atoms with E-state index in [-0.39, 0.29) is 5.82 Å². The van der Waals surface area contributed by atoms with Gasteiger partial charge in [-0.2, -0.15) is 5.10 Å². The molecule has 0 aliphatic rings. The highest BCUT2D eigenvalue weighted by Gasteiger charge is 2.11. The van der Waals surface area contributed by atoms with Crippen LogP contribution in [0.2, 0.25) is 0 Å². The van der Waals surface area contributed by atoms with Gasteiger partial charge in [-0.3, -0.25) is 0 Å². The molecule has 0 saturated carbocycles. The van der Waals surface area contributed by atoms with Gasteiger partial charge in [0.2, 0.25) is 5.95 Å². The van der Waals surface area contributed by atoms with Crippen molar-refractivity contribution in [2.24, 2.45) is 4.99 Å². The number of aromatic nitrogens is 4. The molecule has 5 rings (SSSR count). The maximum absolute atomic E-state index is 13.4. The van der Waals surface area contributed by atoms with Crippen molar-refractivity contribution in [2.45, 2.75) is 0 Å². The van der Waals surface area contributed by atoms with E-state index in [9.17, 15) is 4.39 Å². The van der Waals surface area contributed by atoms with Crippen LogP contribution in [-0.4, -0.2) is 26.0 Å². The van der Waals surface area contributed by atoms with Gasteiger partial charge in [0.1, 0.15) is 11.5 Å². The van der Waals surface area contributed by atoms with Crippen molar-refractivity contribution in [3.63, 3.8) is 0 Å². The third kappa shape index (κ3) is 3.43. The lowest BCUT2D eigenvalue weighted by Gasteiger charge is -1.99. The van der Waals surface area contributed by atoms with Gasteiger partial charge in [-0.15, -0.1) is 0 Å². The Morgan fingerprint density at radius 1 is 0.897 bits per heavy atom. The van der Waals surface area contributed by atoms with E-state index in [1.165, 1.54) is 12.1 Å². The first-order chi connectivity index (χ1) is 14.3. The molecule has 2 heterocycles. The molecule has 0 spiro atoms. The summed E-state index contributed by atoms with van der Waals surface area (Å²) < 4.78 is 15.2. The highest BCUT2D eigenvalue weighted by Crippen LogP contribution is 2.25. The molecule has 3 aromatic carbocycles. The molecule has 0 fully saturated rings. The van der Waals surface area contributed by atoms with Crippen LogP contribution in [0.15, 0.2) is 90.1 Å². The zero-order valence-electron chi connectivity index (χ0n) is 15.3. The van der Waals surface area contributed by atoms with Gasteiger partial charge in [-0.05, 0) is 42.0 Å². The highest BCUT2D eigenvalue weighted by atomic mass is 19.1. The molecule has 6 heteroatoms. The number of benzene rings is 3. The van der Waals surface area contributed by atoms with Gasteiger partial charge in [0.05, 0.1) is 22.9 Å². The lowest BCUT2D eigenvalue weighted by atomic mass is 10.1. The number of hydrogen-bond donors (Lipinski definition) is 1. The fourth-order valence-corrected chi connectivity index (χ4v) is 3.17. The molecule has 0 bridgehead atoms. The van der Waals surface area contributed by atoms with E-state index in [1.54, 1.807) is 23.0 Å². The summed E-state index contributed by atoms with van der Waals surface area (Å²) in [6.07, 6.45) is 3.60. The molecule has 0 aliphatic carbocycles. The summed E-state index contributed by atoms with van der Waals surface area (Å²) >= 11 is 0. The first kappa shape index (κ1) is 17.1. The van der Waals surface area contributed by atoms with E-state index in [4.69, 9.17) is 0 Å². The molecular formula is C23H16FN5. The van der Waals surface area contributed by atoms with E-state index in [0.717, 1.165) is 27.8 Å². The van der Waals surface area contributed by atoms with Crippen molar-refractivity contribution in [3.8, 4) is 16.8 Å². The van der Waals surface area contributed by atoms with Crippen LogP contribution >= 0.6 is 0 Å². The van der Waals surface area contributed by atoms with Crippen molar-refractivity contribution in [1.29, 1.82) is 0 Å². The van der Waals surface area contributed by atoms with E-state index < -0.39 is 0 Å². The zero-order valence-corrected chi connectivity index (χ0v) is 15.3. The molecule has 0 atom stereocenters. The average Bonchev–Trinajstić information content (AvgIpc) is 3.37. The molecule has 29 heavy (non-hydrogen) atoms. The van der Waals surface area contributed by atoms with E-state index >= 15 is 0 Å². The number of nitrogens with zero attached hydrogens (tertiary/aromatic N) is 4. The van der Waals surface area contributed by atoms with Gasteiger partial charge in [-0.25, -0.2) is 19.0 Å². The average molecular weight is 381 g/mol. The minimum atomic E-state index is -0.276. The van der Waals surface area contributed by atoms with Crippen LogP contribution < -0.4 is 0 Å². The summed E-state index contributed by atoms with van der Waals surface area (Å²) in [4.78, 5) is 12.1. The van der Waals surface area contributed by atoms with Crippen molar-refractivity contribution in [1.82, 2.24) is 19.7 Å². The number of imidazole rings is 1. The number of fused-ring (bicyclic) bond motifs is 1. The number of nitrogens with one attached hydrogen (secondary N) is 1. The fourth-order valence-electron chi connectivity index (χ4n) is 3.17. The van der Waals surface area contributed by atoms with Gasteiger partial charge >= 0.3 is 0 Å². The zero-order chi connectivity index (χ0) is 19.6. The number of rotatable bonds is 4. The maximum Gasteiger partial charge on any atom is 0.227 e. The minimum Gasteiger partial charge on any atom is -0.322 e. The third-order valence-electron chi connectivity index (χ3n) is 4.60. The van der Waals surface area contributed by atoms with Crippen molar-refractivity contribution >= 4 is 23.2 Å². The molecule has 0 aliphatic heterocycles. The Balaban J connectivity index is 1.58. The highest BCUT2D eigenvalue weighted by molar-refractivity contribution is 5.89. The minimum absolute atomic E-state index is 0.276. The third-order valence-corrected chi connectivity index (χ3v) is 4.60. The normalized spacial score (nSPS) is 11.5. The van der Waals surface area contributed by atoms with Crippen LogP contribution in [0.25, 0.3) is 27.8 Å². The van der Waals surface area contributed by atoms with Crippen molar-refractivity contribution < 1.29 is 4.39 Å². The quantitative estimate of drug-likeness (QED) is 0.429. The first-order valence-corrected chi connectivity index (χ1v) is 9.16. The second-order valence-corrected chi connectivity index (χ2v) is 6.55. The first-order valence-electron chi connectivity index (χ1n) is 9.16. The summed E-state index contributed by atoms with van der Waals surface area (Å²) in [5.74, 6) is 0.229. The predicted octanol–water partition coefficient (Wildman–Crippen LogP) is 5.31. The number of aromatic amines is 1. The standard InChI is InChI=1S/C23H16FN5/c24-17-12-10-16(11-13-17)19-15-29(18-6-2-1-3-7-18)28-22(19)14-25-23-26-20-8-4-5-9-21(20)27-23/h1-15H,(H,26,27)/b25-14+. The number of halogens is 1. The van der Waals surface area contributed by atoms with E-state index in [0.29, 0.717) is 11.6 Å². The molecule has 140 valence electrons. The summed E-state index contributed by atoms with van der Waals surface area (Å²) in [5, 5.41) is 4.68. The largest absolute Gasteiger partial charge is 0.322 e. The van der Waals surface area contributed by atoms with E-state index in [1.807, 2.05) is 60.8 Å². The van der Waals surface area contributed by atoms with Crippen LogP contribution in [0.5, 0.6) is 0 Å². The molecule has 2 aromatic heterocycles. The van der Waals surface area contributed by atoms with Gasteiger partial charge in [0, 0.05) is 11.8 Å². The van der Waals surface area contributed by atoms with Crippen LogP contribution in [-0.2, 0) is 0 Å². The Bertz CT molecular complexity index is 1270. The summed E-state index contributed by atoms with van der Waals surface area (Å²) in [6.45, 7) is 0. The van der Waals surface area contributed by atoms with Gasteiger partial charge < -0.3 is 4.98 Å². The molecule has 1 N–H and O–H groups in total. The monoisotopic (exact) mass is 381 g/mol. The SMILES string of the molecule is Fc1ccc(-c2cn(-c3ccccc3)nc2/C=N/c2nc3ccccc3[nH]2)cc1. The Morgan fingerprint density at radius 3 is 2.45 bits per heavy atom. The van der Waals surface area contributed by atoms with Gasteiger partial charge in [0.15, 0.2) is 0 Å². The molecule has 5 aromatic rings. The molecule has 0 unspecified atom stereocenters. The number of H-pyrrole nitrogens is 1. The summed E-state index contributed by atoms with van der Waals surface area (Å²) in [6, 6.07) is 23.9. The second kappa shape index (κ2) is 7.16. The summed E-state index contributed by atoms with van der Waals surface area (Å²) in [7, 11) is 0. The lowest BCUT2D eigenvalue weighted by Crippen LogP contribution is -1.95. The van der Waals surface area contributed by atoms with Crippen molar-refractivity contribution in [2.75, 3.05) is 0 Å². The second-order valence-electron chi connectivity index (χ2n) is 6.55. The number of para-hydroxylation sites is 3. The van der Waals surface area contributed by atoms with Crippen molar-refractivity contribution in [3.05, 3.63) is 96.6 Å². The molecule has 0 saturated heterocycles. The van der Waals surface area contributed by atoms with Crippen LogP contribution in [0.1, 0.15) is 5.69 Å². The Morgan fingerprint density at radius 2 is 1.66 bits per heavy atom. The number of aliphatic imine (C=N–C) groups is 1. The lowest BCUT2D eigenvalue weighted by molar-refractivity contribution is 0.628. The van der Waals surface area contributed by atoms with E-state index in [2.05, 4.69) is 20.1 Å². The molecule has 0 amide bonds.